The van der Waals surface area contributed by atoms with E-state index in [1.807, 2.05) is 0 Å². The lowest BCUT2D eigenvalue weighted by Gasteiger charge is -2.06. The second kappa shape index (κ2) is 5.02. The summed E-state index contributed by atoms with van der Waals surface area (Å²) in [7, 11) is -3.87. The highest BCUT2D eigenvalue weighted by atomic mass is 32.2. The monoisotopic (exact) mass is 309 g/mol. The van der Waals surface area contributed by atoms with Crippen LogP contribution in [0.15, 0.2) is 35.2 Å². The van der Waals surface area contributed by atoms with Crippen molar-refractivity contribution in [1.82, 2.24) is 0 Å². The average Bonchev–Trinajstić information content (AvgIpc) is 2.35. The number of carbonyl (C=O) groups excluding carboxylic acids is 1. The Kier molecular flexibility index (Phi) is 3.52. The van der Waals surface area contributed by atoms with Gasteiger partial charge in [-0.05, 0) is 29.7 Å². The number of anilines is 1. The molecule has 0 radical (unpaired) electrons. The average molecular weight is 309 g/mol. The highest BCUT2D eigenvalue weighted by molar-refractivity contribution is 7.92. The highest BCUT2D eigenvalue weighted by Gasteiger charge is 2.21. The summed E-state index contributed by atoms with van der Waals surface area (Å²) >= 11 is 0. The summed E-state index contributed by atoms with van der Waals surface area (Å²) in [5.41, 5.74) is 10.1. The number of nitrogens with zero attached hydrogens (tertiary/aromatic N) is 1. The quantitative estimate of drug-likeness (QED) is 0.480. The fourth-order valence-electron chi connectivity index (χ4n) is 1.98. The van der Waals surface area contributed by atoms with Crippen molar-refractivity contribution >= 4 is 37.9 Å². The summed E-state index contributed by atoms with van der Waals surface area (Å²) in [6.45, 7) is 0. The zero-order valence-electron chi connectivity index (χ0n) is 10.6. The van der Waals surface area contributed by atoms with Gasteiger partial charge >= 0.3 is 0 Å². The van der Waals surface area contributed by atoms with E-state index in [0.29, 0.717) is 5.39 Å². The van der Waals surface area contributed by atoms with Gasteiger partial charge in [-0.3, -0.25) is 14.9 Å². The van der Waals surface area contributed by atoms with E-state index in [2.05, 4.69) is 0 Å². The zero-order valence-corrected chi connectivity index (χ0v) is 11.5. The fourth-order valence-corrected chi connectivity index (χ4v) is 3.10. The first-order chi connectivity index (χ1) is 9.72. The maximum Gasteiger partial charge on any atom is 0.299 e. The Morgan fingerprint density at radius 1 is 1.24 bits per heavy atom. The molecule has 2 rings (SSSR count). The maximum absolute atomic E-state index is 11.9. The van der Waals surface area contributed by atoms with Crippen molar-refractivity contribution in [3.63, 3.8) is 0 Å². The Balaban J connectivity index is 2.67. The Morgan fingerprint density at radius 2 is 1.90 bits per heavy atom. The minimum absolute atomic E-state index is 0.0137. The molecule has 9 heteroatoms. The number of hydrogen-bond acceptors (Lipinski definition) is 6. The SMILES string of the molecule is NC(=O)CS(=O)(=O)c1ccc2c([N+](=O)[O-])c(N)ccc2c1. The Morgan fingerprint density at radius 3 is 2.48 bits per heavy atom. The van der Waals surface area contributed by atoms with Gasteiger partial charge in [0.15, 0.2) is 9.84 Å². The third-order valence-corrected chi connectivity index (χ3v) is 4.50. The van der Waals surface area contributed by atoms with Crippen LogP contribution in [0, 0.1) is 10.1 Å². The molecule has 110 valence electrons. The van der Waals surface area contributed by atoms with Crippen LogP contribution in [0.2, 0.25) is 0 Å². The highest BCUT2D eigenvalue weighted by Crippen LogP contribution is 2.32. The first-order valence-electron chi connectivity index (χ1n) is 5.70. The molecular formula is C12H11N3O5S. The Labute approximate surface area is 119 Å². The maximum atomic E-state index is 11.9. The van der Waals surface area contributed by atoms with E-state index >= 15 is 0 Å². The molecule has 0 bridgehead atoms. The number of nitro groups is 1. The third-order valence-electron chi connectivity index (χ3n) is 2.87. The number of fused-ring (bicyclic) bond motifs is 1. The van der Waals surface area contributed by atoms with Gasteiger partial charge in [0, 0.05) is 0 Å². The lowest BCUT2D eigenvalue weighted by molar-refractivity contribution is -0.382. The van der Waals surface area contributed by atoms with E-state index in [0.717, 1.165) is 0 Å². The number of hydrogen-bond donors (Lipinski definition) is 2. The summed E-state index contributed by atoms with van der Waals surface area (Å²) in [5.74, 6) is -1.80. The Bertz CT molecular complexity index is 861. The zero-order chi connectivity index (χ0) is 15.8. The van der Waals surface area contributed by atoms with Crippen LogP contribution in [0.4, 0.5) is 11.4 Å². The lowest BCUT2D eigenvalue weighted by atomic mass is 10.1. The number of sulfone groups is 1. The molecule has 0 spiro atoms. The molecule has 4 N–H and O–H groups in total. The van der Waals surface area contributed by atoms with Gasteiger partial charge in [-0.25, -0.2) is 8.42 Å². The van der Waals surface area contributed by atoms with Gasteiger partial charge in [0.2, 0.25) is 5.91 Å². The largest absolute Gasteiger partial charge is 0.393 e. The molecule has 0 aliphatic heterocycles. The van der Waals surface area contributed by atoms with Crippen LogP contribution in [-0.2, 0) is 14.6 Å². The van der Waals surface area contributed by atoms with Crippen molar-refractivity contribution in [2.75, 3.05) is 11.5 Å². The minimum atomic E-state index is -3.87. The van der Waals surface area contributed by atoms with E-state index in [4.69, 9.17) is 11.5 Å². The van der Waals surface area contributed by atoms with Gasteiger partial charge < -0.3 is 11.5 Å². The predicted octanol–water partition coefficient (Wildman–Crippen LogP) is 0.589. The molecule has 0 saturated heterocycles. The van der Waals surface area contributed by atoms with Crippen molar-refractivity contribution in [3.8, 4) is 0 Å². The minimum Gasteiger partial charge on any atom is -0.393 e. The molecule has 0 aliphatic carbocycles. The first kappa shape index (κ1) is 14.7. The van der Waals surface area contributed by atoms with Gasteiger partial charge in [0.05, 0.1) is 15.2 Å². The van der Waals surface area contributed by atoms with Gasteiger partial charge in [-0.1, -0.05) is 6.07 Å². The summed E-state index contributed by atoms with van der Waals surface area (Å²) in [6, 6.07) is 6.52. The molecule has 0 aliphatic rings. The van der Waals surface area contributed by atoms with E-state index in [1.54, 1.807) is 0 Å². The van der Waals surface area contributed by atoms with E-state index < -0.39 is 26.4 Å². The number of nitrogens with two attached hydrogens (primary N) is 2. The number of amides is 1. The molecule has 2 aromatic carbocycles. The van der Waals surface area contributed by atoms with Crippen LogP contribution in [0.1, 0.15) is 0 Å². The molecule has 0 aromatic heterocycles. The van der Waals surface area contributed by atoms with Crippen molar-refractivity contribution in [3.05, 3.63) is 40.4 Å². The first-order valence-corrected chi connectivity index (χ1v) is 7.35. The molecule has 8 nitrogen and oxygen atoms in total. The third kappa shape index (κ3) is 2.77. The number of benzene rings is 2. The molecule has 0 fully saturated rings. The van der Waals surface area contributed by atoms with Crippen LogP contribution in [0.3, 0.4) is 0 Å². The van der Waals surface area contributed by atoms with Crippen LogP contribution < -0.4 is 11.5 Å². The van der Waals surface area contributed by atoms with Gasteiger partial charge in [0.25, 0.3) is 5.69 Å². The van der Waals surface area contributed by atoms with Crippen LogP contribution in [0.25, 0.3) is 10.8 Å². The van der Waals surface area contributed by atoms with Crippen molar-refractivity contribution in [2.45, 2.75) is 4.90 Å². The summed E-state index contributed by atoms with van der Waals surface area (Å²) in [6.07, 6.45) is 0. The molecule has 0 saturated carbocycles. The molecule has 0 heterocycles. The molecule has 0 unspecified atom stereocenters. The van der Waals surface area contributed by atoms with E-state index in [9.17, 15) is 23.3 Å². The van der Waals surface area contributed by atoms with Crippen LogP contribution in [-0.4, -0.2) is 25.0 Å². The second-order valence-electron chi connectivity index (χ2n) is 4.37. The molecule has 2 aromatic rings. The number of nitro benzene ring substituents is 1. The number of primary amides is 1. The summed E-state index contributed by atoms with van der Waals surface area (Å²) < 4.78 is 23.8. The van der Waals surface area contributed by atoms with Crippen molar-refractivity contribution < 1.29 is 18.1 Å². The van der Waals surface area contributed by atoms with Gasteiger partial charge in [0.1, 0.15) is 11.4 Å². The van der Waals surface area contributed by atoms with Gasteiger partial charge in [-0.2, -0.15) is 0 Å². The summed E-state index contributed by atoms with van der Waals surface area (Å²) in [4.78, 5) is 21.0. The van der Waals surface area contributed by atoms with Crippen molar-refractivity contribution in [2.24, 2.45) is 5.73 Å². The summed E-state index contributed by atoms with van der Waals surface area (Å²) in [5, 5.41) is 11.6. The molecule has 0 atom stereocenters. The lowest BCUT2D eigenvalue weighted by Crippen LogP contribution is -2.23. The standard InChI is InChI=1S/C12H11N3O5S/c13-10-4-1-7-5-8(21(19,20)6-11(14)16)2-3-9(7)12(10)15(17)18/h1-5H,6,13H2,(H2,14,16). The predicted molar refractivity (Wildman–Crippen MR) is 76.3 cm³/mol. The fraction of sp³-hybridized carbons (Fsp3) is 0.0833. The van der Waals surface area contributed by atoms with Crippen molar-refractivity contribution in [1.29, 1.82) is 0 Å². The number of rotatable bonds is 4. The van der Waals surface area contributed by atoms with Gasteiger partial charge in [-0.15, -0.1) is 0 Å². The van der Waals surface area contributed by atoms with E-state index in [-0.39, 0.29) is 21.7 Å². The molecule has 21 heavy (non-hydrogen) atoms. The number of carbonyl (C=O) groups is 1. The topological polar surface area (TPSA) is 146 Å². The smallest absolute Gasteiger partial charge is 0.299 e. The molecular weight excluding hydrogens is 298 g/mol. The second-order valence-corrected chi connectivity index (χ2v) is 6.36. The Hall–Kier alpha value is -2.68. The van der Waals surface area contributed by atoms with Crippen LogP contribution >= 0.6 is 0 Å². The van der Waals surface area contributed by atoms with E-state index in [1.165, 1.54) is 30.3 Å². The normalized spacial score (nSPS) is 11.4. The van der Waals surface area contributed by atoms with Crippen LogP contribution in [0.5, 0.6) is 0 Å². The molecule has 1 amide bonds. The number of nitrogen functional groups attached to an aromatic ring is 1.